The van der Waals surface area contributed by atoms with E-state index in [0.29, 0.717) is 12.8 Å². The molecule has 0 spiro atoms. The number of allylic oxidation sites excluding steroid dienone is 2. The Kier molecular flexibility index (Phi) is 25.1. The van der Waals surface area contributed by atoms with Gasteiger partial charge in [-0.15, -0.1) is 0 Å². The molecule has 0 bridgehead atoms. The SMILES string of the molecule is CCCCCCCCC/C=C\CCCCCCCC(=O)OC(COC(=O)CCC)COP(=O)(O)OCCN. The first-order valence-corrected chi connectivity index (χ1v) is 16.2. The quantitative estimate of drug-likeness (QED) is 0.0481. The van der Waals surface area contributed by atoms with Gasteiger partial charge in [-0.3, -0.25) is 18.6 Å². The molecule has 2 atom stereocenters. The van der Waals surface area contributed by atoms with E-state index in [1.807, 2.05) is 6.92 Å². The van der Waals surface area contributed by atoms with E-state index in [9.17, 15) is 19.0 Å². The molecule has 9 nitrogen and oxygen atoms in total. The lowest BCUT2D eigenvalue weighted by Crippen LogP contribution is -2.29. The fourth-order valence-electron chi connectivity index (χ4n) is 3.72. The molecule has 0 saturated heterocycles. The summed E-state index contributed by atoms with van der Waals surface area (Å²) < 4.78 is 31.8. The van der Waals surface area contributed by atoms with E-state index < -0.39 is 32.5 Å². The predicted octanol–water partition coefficient (Wildman–Crippen LogP) is 6.76. The number of hydrogen-bond acceptors (Lipinski definition) is 8. The number of carbonyl (C=O) groups is 2. The van der Waals surface area contributed by atoms with Crippen molar-refractivity contribution in [3.05, 3.63) is 12.2 Å². The molecule has 0 aliphatic rings. The Morgan fingerprint density at radius 3 is 1.92 bits per heavy atom. The molecule has 0 fully saturated rings. The summed E-state index contributed by atoms with van der Waals surface area (Å²) in [5.74, 6) is -0.901. The number of ether oxygens (including phenoxy) is 2. The number of nitrogens with two attached hydrogens (primary N) is 1. The average molecular weight is 564 g/mol. The highest BCUT2D eigenvalue weighted by Crippen LogP contribution is 2.43. The van der Waals surface area contributed by atoms with Crippen LogP contribution in [0.15, 0.2) is 12.2 Å². The van der Waals surface area contributed by atoms with E-state index >= 15 is 0 Å². The maximum atomic E-state index is 12.3. The lowest BCUT2D eigenvalue weighted by molar-refractivity contribution is -0.161. The maximum Gasteiger partial charge on any atom is 0.472 e. The van der Waals surface area contributed by atoms with Crippen molar-refractivity contribution in [3.8, 4) is 0 Å². The first-order valence-electron chi connectivity index (χ1n) is 14.7. The molecule has 0 saturated carbocycles. The van der Waals surface area contributed by atoms with Crippen LogP contribution in [0.25, 0.3) is 0 Å². The molecule has 0 amide bonds. The second kappa shape index (κ2) is 26.0. The summed E-state index contributed by atoms with van der Waals surface area (Å²) in [6, 6.07) is 0. The number of phosphoric acid groups is 1. The van der Waals surface area contributed by atoms with E-state index in [0.717, 1.165) is 32.1 Å². The molecule has 3 N–H and O–H groups in total. The van der Waals surface area contributed by atoms with Gasteiger partial charge in [-0.05, 0) is 38.5 Å². The Labute approximate surface area is 230 Å². The highest BCUT2D eigenvalue weighted by atomic mass is 31.2. The highest BCUT2D eigenvalue weighted by Gasteiger charge is 2.25. The molecule has 0 radical (unpaired) electrons. The molecule has 224 valence electrons. The van der Waals surface area contributed by atoms with E-state index in [1.54, 1.807) is 0 Å². The third-order valence-corrected chi connectivity index (χ3v) is 6.86. The van der Waals surface area contributed by atoms with Gasteiger partial charge in [-0.25, -0.2) is 4.57 Å². The summed E-state index contributed by atoms with van der Waals surface area (Å²) in [4.78, 5) is 33.6. The highest BCUT2D eigenvalue weighted by molar-refractivity contribution is 7.47. The van der Waals surface area contributed by atoms with E-state index in [2.05, 4.69) is 23.6 Å². The predicted molar refractivity (Wildman–Crippen MR) is 151 cm³/mol. The summed E-state index contributed by atoms with van der Waals surface area (Å²) in [5.41, 5.74) is 5.26. The fourth-order valence-corrected chi connectivity index (χ4v) is 4.49. The normalized spacial score (nSPS) is 13.9. The summed E-state index contributed by atoms with van der Waals surface area (Å²) in [6.07, 6.45) is 21.2. The van der Waals surface area contributed by atoms with Crippen LogP contribution in [0.2, 0.25) is 0 Å². The number of esters is 2. The average Bonchev–Trinajstić information content (AvgIpc) is 2.89. The Balaban J connectivity index is 4.03. The first-order chi connectivity index (χ1) is 18.3. The number of unbranched alkanes of at least 4 members (excludes halogenated alkanes) is 12. The summed E-state index contributed by atoms with van der Waals surface area (Å²) in [5, 5.41) is 0. The van der Waals surface area contributed by atoms with Crippen LogP contribution in [0, 0.1) is 0 Å². The number of carbonyl (C=O) groups excluding carboxylic acids is 2. The van der Waals surface area contributed by atoms with Gasteiger partial charge >= 0.3 is 19.8 Å². The Morgan fingerprint density at radius 2 is 1.34 bits per heavy atom. The molecule has 2 unspecified atom stereocenters. The minimum absolute atomic E-state index is 0.0525. The number of rotatable bonds is 27. The standard InChI is InChI=1S/C28H54NO8P/c1-3-5-6-7-8-9-10-11-12-13-14-15-16-17-18-19-21-28(31)37-26(24-34-27(30)20-4-2)25-36-38(32,33)35-23-22-29/h12-13,26H,3-11,14-25,29H2,1-2H3,(H,32,33)/b13-12-. The largest absolute Gasteiger partial charge is 0.472 e. The lowest BCUT2D eigenvalue weighted by Gasteiger charge is -2.19. The van der Waals surface area contributed by atoms with Gasteiger partial charge < -0.3 is 20.1 Å². The van der Waals surface area contributed by atoms with Gasteiger partial charge in [0.25, 0.3) is 0 Å². The molecular formula is C28H54NO8P. The van der Waals surface area contributed by atoms with Gasteiger partial charge in [0.05, 0.1) is 13.2 Å². The van der Waals surface area contributed by atoms with Crippen LogP contribution in [0.1, 0.15) is 123 Å². The zero-order valence-electron chi connectivity index (χ0n) is 23.9. The second-order valence-electron chi connectivity index (χ2n) is 9.62. The minimum Gasteiger partial charge on any atom is -0.462 e. The van der Waals surface area contributed by atoms with Crippen molar-refractivity contribution >= 4 is 19.8 Å². The van der Waals surface area contributed by atoms with Crippen molar-refractivity contribution in [1.29, 1.82) is 0 Å². The molecule has 0 heterocycles. The van der Waals surface area contributed by atoms with Crippen LogP contribution in [0.3, 0.4) is 0 Å². The van der Waals surface area contributed by atoms with E-state index in [-0.39, 0.29) is 32.6 Å². The lowest BCUT2D eigenvalue weighted by atomic mass is 10.1. The Hall–Kier alpha value is -1.25. The zero-order chi connectivity index (χ0) is 28.3. The van der Waals surface area contributed by atoms with Crippen LogP contribution in [0.5, 0.6) is 0 Å². The zero-order valence-corrected chi connectivity index (χ0v) is 24.8. The third kappa shape index (κ3) is 25.1. The van der Waals surface area contributed by atoms with Crippen molar-refractivity contribution in [2.75, 3.05) is 26.4 Å². The van der Waals surface area contributed by atoms with Gasteiger partial charge in [0.2, 0.25) is 0 Å². The van der Waals surface area contributed by atoms with Crippen LogP contribution in [-0.2, 0) is 32.7 Å². The van der Waals surface area contributed by atoms with E-state index in [4.69, 9.17) is 19.7 Å². The monoisotopic (exact) mass is 563 g/mol. The van der Waals surface area contributed by atoms with Gasteiger partial charge in [0, 0.05) is 19.4 Å². The first kappa shape index (κ1) is 36.8. The van der Waals surface area contributed by atoms with Gasteiger partial charge in [-0.1, -0.05) is 83.8 Å². The minimum atomic E-state index is -4.34. The molecular weight excluding hydrogens is 509 g/mol. The van der Waals surface area contributed by atoms with Crippen molar-refractivity contribution < 1.29 is 37.6 Å². The molecule has 0 rings (SSSR count). The van der Waals surface area contributed by atoms with Gasteiger partial charge in [0.1, 0.15) is 6.61 Å². The van der Waals surface area contributed by atoms with Crippen molar-refractivity contribution in [3.63, 3.8) is 0 Å². The maximum absolute atomic E-state index is 12.3. The summed E-state index contributed by atoms with van der Waals surface area (Å²) in [6.45, 7) is 3.30. The molecule has 0 aliphatic heterocycles. The molecule has 10 heteroatoms. The van der Waals surface area contributed by atoms with Crippen LogP contribution < -0.4 is 5.73 Å². The van der Waals surface area contributed by atoms with Crippen molar-refractivity contribution in [1.82, 2.24) is 0 Å². The molecule has 38 heavy (non-hydrogen) atoms. The number of phosphoric ester groups is 1. The van der Waals surface area contributed by atoms with Gasteiger partial charge in [0.15, 0.2) is 6.10 Å². The van der Waals surface area contributed by atoms with Crippen molar-refractivity contribution in [2.24, 2.45) is 5.73 Å². The van der Waals surface area contributed by atoms with Crippen LogP contribution in [0.4, 0.5) is 0 Å². The fraction of sp³-hybridized carbons (Fsp3) is 0.857. The molecule has 0 aromatic rings. The van der Waals surface area contributed by atoms with Gasteiger partial charge in [-0.2, -0.15) is 0 Å². The van der Waals surface area contributed by atoms with E-state index in [1.165, 1.54) is 51.4 Å². The summed E-state index contributed by atoms with van der Waals surface area (Å²) >= 11 is 0. The molecule has 0 aromatic heterocycles. The smallest absolute Gasteiger partial charge is 0.462 e. The summed E-state index contributed by atoms with van der Waals surface area (Å²) in [7, 11) is -4.34. The van der Waals surface area contributed by atoms with Crippen molar-refractivity contribution in [2.45, 2.75) is 129 Å². The number of hydrogen-bond donors (Lipinski definition) is 2. The van der Waals surface area contributed by atoms with Crippen LogP contribution >= 0.6 is 7.82 Å². The Bertz CT molecular complexity index is 659. The molecule has 0 aliphatic carbocycles. The topological polar surface area (TPSA) is 134 Å². The second-order valence-corrected chi connectivity index (χ2v) is 11.1. The van der Waals surface area contributed by atoms with Crippen LogP contribution in [-0.4, -0.2) is 49.3 Å². The third-order valence-electron chi connectivity index (χ3n) is 5.87. The molecule has 0 aromatic carbocycles. The Morgan fingerprint density at radius 1 is 0.763 bits per heavy atom.